The first-order chi connectivity index (χ1) is 16.8. The Kier molecular flexibility index (Phi) is 6.91. The molecule has 1 aliphatic heterocycles. The number of ether oxygens (including phenoxy) is 3. The maximum Gasteiger partial charge on any atom is 0.363 e. The molecule has 0 amide bonds. The van der Waals surface area contributed by atoms with Crippen molar-refractivity contribution in [1.82, 2.24) is 0 Å². The first kappa shape index (κ1) is 23.7. The number of carbonyl (C=O) groups is 1. The van der Waals surface area contributed by atoms with E-state index in [4.69, 9.17) is 14.2 Å². The van der Waals surface area contributed by atoms with Crippen LogP contribution in [-0.2, 0) is 16.1 Å². The topological polar surface area (TPSA) is 100 Å². The van der Waals surface area contributed by atoms with Gasteiger partial charge in [0.25, 0.3) is 5.69 Å². The van der Waals surface area contributed by atoms with Crippen LogP contribution in [0.5, 0.6) is 11.5 Å². The average Bonchev–Trinajstić information content (AvgIpc) is 3.19. The van der Waals surface area contributed by atoms with Crippen molar-refractivity contribution >= 4 is 23.6 Å². The van der Waals surface area contributed by atoms with Crippen LogP contribution in [0.25, 0.3) is 6.08 Å². The van der Waals surface area contributed by atoms with Crippen LogP contribution in [0, 0.1) is 24.0 Å². The second-order valence-electron chi connectivity index (χ2n) is 8.01. The third-order valence-corrected chi connectivity index (χ3v) is 5.32. The van der Waals surface area contributed by atoms with Crippen LogP contribution in [0.1, 0.15) is 34.7 Å². The first-order valence-corrected chi connectivity index (χ1v) is 11.1. The number of hydrogen-bond donors (Lipinski definition) is 0. The predicted molar refractivity (Wildman–Crippen MR) is 132 cm³/mol. The number of nitrogens with zero attached hydrogens (tertiary/aromatic N) is 2. The number of nitro groups is 1. The Morgan fingerprint density at radius 2 is 1.86 bits per heavy atom. The van der Waals surface area contributed by atoms with E-state index < -0.39 is 10.9 Å². The number of hydrogen-bond acceptors (Lipinski definition) is 7. The summed E-state index contributed by atoms with van der Waals surface area (Å²) in [5, 5.41) is 11.2. The van der Waals surface area contributed by atoms with Crippen LogP contribution in [0.3, 0.4) is 0 Å². The summed E-state index contributed by atoms with van der Waals surface area (Å²) in [6.07, 6.45) is 1.57. The number of benzene rings is 3. The van der Waals surface area contributed by atoms with E-state index >= 15 is 0 Å². The van der Waals surface area contributed by atoms with Gasteiger partial charge >= 0.3 is 5.97 Å². The highest BCUT2D eigenvalue weighted by Gasteiger charge is 2.26. The number of carbonyl (C=O) groups excluding carboxylic acids is 1. The van der Waals surface area contributed by atoms with E-state index in [9.17, 15) is 14.9 Å². The normalized spacial score (nSPS) is 14.0. The van der Waals surface area contributed by atoms with Gasteiger partial charge in [0.1, 0.15) is 6.61 Å². The van der Waals surface area contributed by atoms with E-state index in [0.717, 1.165) is 11.1 Å². The zero-order chi connectivity index (χ0) is 24.9. The number of rotatable bonds is 8. The lowest BCUT2D eigenvalue weighted by atomic mass is 10.1. The molecule has 0 saturated carbocycles. The summed E-state index contributed by atoms with van der Waals surface area (Å²) in [5.41, 5.74) is 3.75. The maximum absolute atomic E-state index is 12.4. The number of aryl methyl sites for hydroxylation is 2. The van der Waals surface area contributed by atoms with Crippen molar-refractivity contribution < 1.29 is 23.9 Å². The summed E-state index contributed by atoms with van der Waals surface area (Å²) < 4.78 is 17.0. The molecular weight excluding hydrogens is 448 g/mol. The lowest BCUT2D eigenvalue weighted by Gasteiger charge is -2.13. The number of nitro benzene ring substituents is 1. The summed E-state index contributed by atoms with van der Waals surface area (Å²) in [6, 6.07) is 18.0. The zero-order valence-electron chi connectivity index (χ0n) is 19.6. The Morgan fingerprint density at radius 3 is 2.60 bits per heavy atom. The standard InChI is InChI=1S/C27H24N2O6/c1-4-33-25-14-19(9-11-24(25)34-16-20-7-5-6-17(2)12-20)13-22-27(30)35-26(28-22)21-10-8-18(3)23(15-21)29(31)32/h5-15H,4,16H2,1-3H3/b22-13-. The Balaban J connectivity index is 1.58. The van der Waals surface area contributed by atoms with E-state index in [2.05, 4.69) is 11.1 Å². The predicted octanol–water partition coefficient (Wildman–Crippen LogP) is 5.53. The van der Waals surface area contributed by atoms with Gasteiger partial charge < -0.3 is 14.2 Å². The third-order valence-electron chi connectivity index (χ3n) is 5.32. The van der Waals surface area contributed by atoms with E-state index in [-0.39, 0.29) is 17.3 Å². The second-order valence-corrected chi connectivity index (χ2v) is 8.01. The molecule has 8 heteroatoms. The van der Waals surface area contributed by atoms with Crippen molar-refractivity contribution in [1.29, 1.82) is 0 Å². The molecule has 1 heterocycles. The van der Waals surface area contributed by atoms with Crippen LogP contribution < -0.4 is 9.47 Å². The van der Waals surface area contributed by atoms with Gasteiger partial charge in [-0.3, -0.25) is 10.1 Å². The molecule has 4 rings (SSSR count). The first-order valence-electron chi connectivity index (χ1n) is 11.1. The number of cyclic esters (lactones) is 1. The van der Waals surface area contributed by atoms with Crippen LogP contribution >= 0.6 is 0 Å². The monoisotopic (exact) mass is 472 g/mol. The van der Waals surface area contributed by atoms with Crippen LogP contribution in [0.4, 0.5) is 5.69 Å². The summed E-state index contributed by atoms with van der Waals surface area (Å²) in [6.45, 7) is 6.38. The van der Waals surface area contributed by atoms with Gasteiger partial charge in [-0.15, -0.1) is 0 Å². The molecule has 3 aromatic carbocycles. The molecule has 0 atom stereocenters. The molecule has 0 radical (unpaired) electrons. The third kappa shape index (κ3) is 5.55. The summed E-state index contributed by atoms with van der Waals surface area (Å²) in [7, 11) is 0. The van der Waals surface area contributed by atoms with Crippen molar-refractivity contribution in [2.75, 3.05) is 6.61 Å². The minimum absolute atomic E-state index is 0.0208. The average molecular weight is 472 g/mol. The largest absolute Gasteiger partial charge is 0.490 e. The van der Waals surface area contributed by atoms with Gasteiger partial charge in [0.2, 0.25) is 5.90 Å². The zero-order valence-corrected chi connectivity index (χ0v) is 19.6. The van der Waals surface area contributed by atoms with Gasteiger partial charge in [0.05, 0.1) is 11.5 Å². The lowest BCUT2D eigenvalue weighted by molar-refractivity contribution is -0.385. The molecule has 8 nitrogen and oxygen atoms in total. The van der Waals surface area contributed by atoms with Crippen LogP contribution in [-0.4, -0.2) is 23.4 Å². The fourth-order valence-corrected chi connectivity index (χ4v) is 3.59. The molecule has 0 aliphatic carbocycles. The molecule has 0 N–H and O–H groups in total. The van der Waals surface area contributed by atoms with Crippen molar-refractivity contribution in [2.24, 2.45) is 4.99 Å². The Bertz CT molecular complexity index is 1360. The molecule has 35 heavy (non-hydrogen) atoms. The fraction of sp³-hybridized carbons (Fsp3) is 0.185. The molecule has 0 bridgehead atoms. The van der Waals surface area contributed by atoms with Gasteiger partial charge in [-0.05, 0) is 56.2 Å². The van der Waals surface area contributed by atoms with E-state index in [1.807, 2.05) is 32.0 Å². The Hall–Kier alpha value is -4.46. The highest BCUT2D eigenvalue weighted by molar-refractivity contribution is 6.13. The highest BCUT2D eigenvalue weighted by atomic mass is 16.6. The van der Waals surface area contributed by atoms with Gasteiger partial charge in [0.15, 0.2) is 17.2 Å². The van der Waals surface area contributed by atoms with Crippen LogP contribution in [0.2, 0.25) is 0 Å². The Labute approximate surface area is 202 Å². The molecule has 1 aliphatic rings. The minimum atomic E-state index is -0.638. The minimum Gasteiger partial charge on any atom is -0.490 e. The number of aliphatic imine (C=N–C) groups is 1. The van der Waals surface area contributed by atoms with Crippen molar-refractivity contribution in [3.05, 3.63) is 104 Å². The van der Waals surface area contributed by atoms with Crippen molar-refractivity contribution in [3.63, 3.8) is 0 Å². The lowest BCUT2D eigenvalue weighted by Crippen LogP contribution is -2.06. The molecule has 0 spiro atoms. The van der Waals surface area contributed by atoms with Gasteiger partial charge in [-0.2, -0.15) is 0 Å². The van der Waals surface area contributed by atoms with E-state index in [1.165, 1.54) is 6.07 Å². The quantitative estimate of drug-likeness (QED) is 0.185. The second kappa shape index (κ2) is 10.2. The molecule has 0 aromatic heterocycles. The highest BCUT2D eigenvalue weighted by Crippen LogP contribution is 2.31. The molecule has 0 saturated heterocycles. The molecule has 0 fully saturated rings. The van der Waals surface area contributed by atoms with Crippen LogP contribution in [0.15, 0.2) is 71.4 Å². The van der Waals surface area contributed by atoms with Crippen molar-refractivity contribution in [2.45, 2.75) is 27.4 Å². The van der Waals surface area contributed by atoms with E-state index in [1.54, 1.807) is 43.3 Å². The fourth-order valence-electron chi connectivity index (χ4n) is 3.59. The molecule has 3 aromatic rings. The smallest absolute Gasteiger partial charge is 0.363 e. The number of esters is 1. The summed E-state index contributed by atoms with van der Waals surface area (Å²) in [4.78, 5) is 27.4. The van der Waals surface area contributed by atoms with E-state index in [0.29, 0.717) is 41.4 Å². The summed E-state index contributed by atoms with van der Waals surface area (Å²) in [5.74, 6) is 0.508. The SMILES string of the molecule is CCOc1cc(/C=C2\N=C(c3ccc(C)c([N+](=O)[O-])c3)OC2=O)ccc1OCc1cccc(C)c1. The van der Waals surface area contributed by atoms with Gasteiger partial charge in [0, 0.05) is 17.2 Å². The molecular formula is C27H24N2O6. The Morgan fingerprint density at radius 1 is 1.03 bits per heavy atom. The molecule has 0 unspecified atom stereocenters. The van der Waals surface area contributed by atoms with Crippen molar-refractivity contribution in [3.8, 4) is 11.5 Å². The summed E-state index contributed by atoms with van der Waals surface area (Å²) >= 11 is 0. The van der Waals surface area contributed by atoms with Gasteiger partial charge in [-0.25, -0.2) is 9.79 Å². The molecule has 178 valence electrons. The van der Waals surface area contributed by atoms with Gasteiger partial charge in [-0.1, -0.05) is 42.0 Å². The maximum atomic E-state index is 12.4.